The normalized spacial score (nSPS) is 16.1. The second kappa shape index (κ2) is 8.28. The molecule has 7 heteroatoms. The summed E-state index contributed by atoms with van der Waals surface area (Å²) in [5, 5.41) is 5.67. The van der Waals surface area contributed by atoms with Crippen LogP contribution in [0.25, 0.3) is 0 Å². The Morgan fingerprint density at radius 2 is 1.70 bits per heavy atom. The van der Waals surface area contributed by atoms with Gasteiger partial charge in [-0.3, -0.25) is 4.90 Å². The van der Waals surface area contributed by atoms with Crippen LogP contribution in [0.3, 0.4) is 0 Å². The number of nitrogens with zero attached hydrogens (tertiary/aromatic N) is 1. The lowest BCUT2D eigenvalue weighted by molar-refractivity contribution is 0.0342. The lowest BCUT2D eigenvalue weighted by Gasteiger charge is -2.26. The molecule has 2 heterocycles. The zero-order chi connectivity index (χ0) is 18.5. The fraction of sp³-hybridized carbons (Fsp3) is 0.350. The van der Waals surface area contributed by atoms with Gasteiger partial charge in [0.05, 0.1) is 13.2 Å². The van der Waals surface area contributed by atoms with E-state index in [1.807, 2.05) is 0 Å². The second-order valence-electron chi connectivity index (χ2n) is 6.58. The Bertz CT molecular complexity index is 788. The van der Waals surface area contributed by atoms with Crippen LogP contribution < -0.4 is 20.1 Å². The third kappa shape index (κ3) is 4.69. The Hall–Kier alpha value is -2.77. The van der Waals surface area contributed by atoms with Gasteiger partial charge in [-0.05, 0) is 23.3 Å². The van der Waals surface area contributed by atoms with Crippen molar-refractivity contribution in [1.29, 1.82) is 0 Å². The first kappa shape index (κ1) is 17.6. The van der Waals surface area contributed by atoms with Crippen LogP contribution in [0.4, 0.5) is 10.5 Å². The lowest BCUT2D eigenvalue weighted by Crippen LogP contribution is -2.35. The van der Waals surface area contributed by atoms with Crippen LogP contribution in [0.5, 0.6) is 11.5 Å². The van der Waals surface area contributed by atoms with E-state index in [4.69, 9.17) is 14.2 Å². The van der Waals surface area contributed by atoms with Crippen molar-refractivity contribution in [3.63, 3.8) is 0 Å². The van der Waals surface area contributed by atoms with E-state index < -0.39 is 0 Å². The highest BCUT2D eigenvalue weighted by Crippen LogP contribution is 2.34. The van der Waals surface area contributed by atoms with E-state index in [1.165, 1.54) is 5.56 Å². The van der Waals surface area contributed by atoms with E-state index in [0.717, 1.165) is 38.4 Å². The average molecular weight is 369 g/mol. The molecule has 1 fully saturated rings. The number of hydrogen-bond acceptors (Lipinski definition) is 5. The molecule has 2 aliphatic heterocycles. The Morgan fingerprint density at radius 3 is 2.52 bits per heavy atom. The summed E-state index contributed by atoms with van der Waals surface area (Å²) in [4.78, 5) is 14.5. The van der Waals surface area contributed by atoms with Gasteiger partial charge in [-0.25, -0.2) is 4.79 Å². The smallest absolute Gasteiger partial charge is 0.319 e. The van der Waals surface area contributed by atoms with E-state index in [-0.39, 0.29) is 12.8 Å². The monoisotopic (exact) mass is 369 g/mol. The number of morpholine rings is 1. The lowest BCUT2D eigenvalue weighted by atomic mass is 10.1. The van der Waals surface area contributed by atoms with Gasteiger partial charge in [0.2, 0.25) is 6.79 Å². The van der Waals surface area contributed by atoms with Crippen LogP contribution in [-0.4, -0.2) is 44.0 Å². The molecule has 0 aliphatic carbocycles. The zero-order valence-corrected chi connectivity index (χ0v) is 15.1. The molecule has 0 atom stereocenters. The molecular formula is C20H23N3O4. The highest BCUT2D eigenvalue weighted by atomic mass is 16.7. The largest absolute Gasteiger partial charge is 0.454 e. The number of anilines is 1. The standard InChI is InChI=1S/C20H23N3O4/c24-20(22-17-5-6-18-19(11-17)27-14-26-18)21-12-15-1-3-16(4-2-15)13-23-7-9-25-10-8-23/h1-6,11H,7-10,12-14H2,(H2,21,22,24). The molecule has 142 valence electrons. The first-order chi connectivity index (χ1) is 13.3. The van der Waals surface area contributed by atoms with Crippen LogP contribution in [0.1, 0.15) is 11.1 Å². The number of carbonyl (C=O) groups is 1. The van der Waals surface area contributed by atoms with Crippen molar-refractivity contribution in [3.8, 4) is 11.5 Å². The van der Waals surface area contributed by atoms with E-state index in [9.17, 15) is 4.79 Å². The molecule has 2 aliphatic rings. The van der Waals surface area contributed by atoms with Crippen LogP contribution in [-0.2, 0) is 17.8 Å². The van der Waals surface area contributed by atoms with Crippen LogP contribution in [0, 0.1) is 0 Å². The van der Waals surface area contributed by atoms with Crippen molar-refractivity contribution in [3.05, 3.63) is 53.6 Å². The molecule has 0 spiro atoms. The molecule has 1 saturated heterocycles. The van der Waals surface area contributed by atoms with Crippen LogP contribution in [0.15, 0.2) is 42.5 Å². The minimum atomic E-state index is -0.258. The average Bonchev–Trinajstić information content (AvgIpc) is 3.16. The summed E-state index contributed by atoms with van der Waals surface area (Å²) in [5.74, 6) is 1.33. The summed E-state index contributed by atoms with van der Waals surface area (Å²) in [6.07, 6.45) is 0. The molecule has 0 bridgehead atoms. The number of amides is 2. The summed E-state index contributed by atoms with van der Waals surface area (Å²) >= 11 is 0. The topological polar surface area (TPSA) is 72.1 Å². The Kier molecular flexibility index (Phi) is 5.41. The SMILES string of the molecule is O=C(NCc1ccc(CN2CCOCC2)cc1)Nc1ccc2c(c1)OCO2. The minimum absolute atomic E-state index is 0.215. The fourth-order valence-corrected chi connectivity index (χ4v) is 3.11. The van der Waals surface area contributed by atoms with Gasteiger partial charge in [-0.15, -0.1) is 0 Å². The van der Waals surface area contributed by atoms with Gasteiger partial charge < -0.3 is 24.8 Å². The Balaban J connectivity index is 1.25. The predicted molar refractivity (Wildman–Crippen MR) is 101 cm³/mol. The van der Waals surface area contributed by atoms with Crippen molar-refractivity contribution >= 4 is 11.7 Å². The first-order valence-corrected chi connectivity index (χ1v) is 9.09. The molecule has 2 N–H and O–H groups in total. The maximum absolute atomic E-state index is 12.1. The third-order valence-corrected chi connectivity index (χ3v) is 4.62. The third-order valence-electron chi connectivity index (χ3n) is 4.62. The second-order valence-corrected chi connectivity index (χ2v) is 6.58. The number of urea groups is 1. The first-order valence-electron chi connectivity index (χ1n) is 9.09. The van der Waals surface area contributed by atoms with E-state index in [1.54, 1.807) is 18.2 Å². The van der Waals surface area contributed by atoms with Gasteiger partial charge in [0.25, 0.3) is 0 Å². The molecule has 27 heavy (non-hydrogen) atoms. The fourth-order valence-electron chi connectivity index (χ4n) is 3.11. The maximum atomic E-state index is 12.1. The molecule has 4 rings (SSSR count). The predicted octanol–water partition coefficient (Wildman–Crippen LogP) is 2.57. The molecule has 7 nitrogen and oxygen atoms in total. The molecule has 0 aromatic heterocycles. The van der Waals surface area contributed by atoms with Crippen molar-refractivity contribution in [2.24, 2.45) is 0 Å². The number of nitrogens with one attached hydrogen (secondary N) is 2. The van der Waals surface area contributed by atoms with Gasteiger partial charge >= 0.3 is 6.03 Å². The Labute approximate surface area is 158 Å². The van der Waals surface area contributed by atoms with Crippen LogP contribution in [0.2, 0.25) is 0 Å². The van der Waals surface area contributed by atoms with Gasteiger partial charge in [0.1, 0.15) is 0 Å². The van der Waals surface area contributed by atoms with Gasteiger partial charge in [-0.1, -0.05) is 24.3 Å². The number of benzene rings is 2. The minimum Gasteiger partial charge on any atom is -0.454 e. The molecule has 0 unspecified atom stereocenters. The van der Waals surface area contributed by atoms with Crippen molar-refractivity contribution < 1.29 is 19.0 Å². The Morgan fingerprint density at radius 1 is 0.963 bits per heavy atom. The summed E-state index contributed by atoms with van der Waals surface area (Å²) in [7, 11) is 0. The van der Waals surface area contributed by atoms with Gasteiger partial charge in [-0.2, -0.15) is 0 Å². The zero-order valence-electron chi connectivity index (χ0n) is 15.1. The van der Waals surface area contributed by atoms with E-state index in [2.05, 4.69) is 39.8 Å². The van der Waals surface area contributed by atoms with E-state index in [0.29, 0.717) is 23.7 Å². The summed E-state index contributed by atoms with van der Waals surface area (Å²) in [6.45, 7) is 5.18. The number of fused-ring (bicyclic) bond motifs is 1. The highest BCUT2D eigenvalue weighted by molar-refractivity contribution is 5.89. The number of ether oxygens (including phenoxy) is 3. The number of hydrogen-bond donors (Lipinski definition) is 2. The summed E-state index contributed by atoms with van der Waals surface area (Å²) in [6, 6.07) is 13.4. The molecular weight excluding hydrogens is 346 g/mol. The van der Waals surface area contributed by atoms with Crippen LogP contribution >= 0.6 is 0 Å². The van der Waals surface area contributed by atoms with E-state index >= 15 is 0 Å². The van der Waals surface area contributed by atoms with Crippen molar-refractivity contribution in [1.82, 2.24) is 10.2 Å². The van der Waals surface area contributed by atoms with Crippen molar-refractivity contribution in [2.45, 2.75) is 13.1 Å². The molecule has 2 aromatic rings. The molecule has 2 aromatic carbocycles. The summed E-state index contributed by atoms with van der Waals surface area (Å²) in [5.41, 5.74) is 2.99. The highest BCUT2D eigenvalue weighted by Gasteiger charge is 2.14. The number of rotatable bonds is 5. The molecule has 0 radical (unpaired) electrons. The van der Waals surface area contributed by atoms with Crippen molar-refractivity contribution in [2.75, 3.05) is 38.4 Å². The maximum Gasteiger partial charge on any atom is 0.319 e. The molecule has 2 amide bonds. The molecule has 0 saturated carbocycles. The number of carbonyl (C=O) groups excluding carboxylic acids is 1. The van der Waals surface area contributed by atoms with Gasteiger partial charge in [0, 0.05) is 37.9 Å². The summed E-state index contributed by atoms with van der Waals surface area (Å²) < 4.78 is 15.9. The quantitative estimate of drug-likeness (QED) is 0.848. The van der Waals surface area contributed by atoms with Gasteiger partial charge in [0.15, 0.2) is 11.5 Å².